The summed E-state index contributed by atoms with van der Waals surface area (Å²) in [6.45, 7) is 0. The fourth-order valence-corrected chi connectivity index (χ4v) is 3.57. The third-order valence-corrected chi connectivity index (χ3v) is 4.99. The minimum Gasteiger partial charge on any atom is -0.461 e. The second kappa shape index (κ2) is 8.33. The van der Waals surface area contributed by atoms with Crippen LogP contribution in [0, 0.1) is 0 Å². The van der Waals surface area contributed by atoms with Gasteiger partial charge in [0.1, 0.15) is 0 Å². The van der Waals surface area contributed by atoms with Gasteiger partial charge in [-0.15, -0.1) is 10.2 Å². The lowest BCUT2D eigenvalue weighted by molar-refractivity contribution is -0.113. The van der Waals surface area contributed by atoms with Crippen molar-refractivity contribution < 1.29 is 9.21 Å². The number of thioether (sulfide) groups is 1. The highest BCUT2D eigenvalue weighted by atomic mass is 35.5. The van der Waals surface area contributed by atoms with Crippen LogP contribution in [0.3, 0.4) is 0 Å². The number of aromatic nitrogens is 3. The van der Waals surface area contributed by atoms with E-state index >= 15 is 0 Å². The largest absolute Gasteiger partial charge is 0.461 e. The number of furan rings is 1. The third kappa shape index (κ3) is 4.11. The number of carbonyl (C=O) groups is 1. The quantitative estimate of drug-likeness (QED) is 0.457. The van der Waals surface area contributed by atoms with Crippen LogP contribution < -0.4 is 5.32 Å². The van der Waals surface area contributed by atoms with E-state index in [0.717, 1.165) is 5.69 Å². The molecule has 0 saturated heterocycles. The molecule has 4 aromatic rings. The molecule has 28 heavy (non-hydrogen) atoms. The lowest BCUT2D eigenvalue weighted by Gasteiger charge is -2.09. The van der Waals surface area contributed by atoms with Crippen LogP contribution in [0.5, 0.6) is 0 Å². The van der Waals surface area contributed by atoms with Crippen molar-refractivity contribution in [3.63, 3.8) is 0 Å². The van der Waals surface area contributed by atoms with Crippen molar-refractivity contribution in [1.29, 1.82) is 0 Å². The minimum atomic E-state index is -0.158. The Balaban J connectivity index is 1.55. The van der Waals surface area contributed by atoms with E-state index in [1.807, 2.05) is 41.0 Å². The van der Waals surface area contributed by atoms with E-state index in [0.29, 0.717) is 27.5 Å². The summed E-state index contributed by atoms with van der Waals surface area (Å²) in [7, 11) is 0. The fourth-order valence-electron chi connectivity index (χ4n) is 2.63. The Hall–Kier alpha value is -3.03. The lowest BCUT2D eigenvalue weighted by atomic mass is 10.3. The molecule has 0 saturated carbocycles. The van der Waals surface area contributed by atoms with Crippen LogP contribution in [0.1, 0.15) is 0 Å². The van der Waals surface area contributed by atoms with E-state index in [1.165, 1.54) is 11.8 Å². The molecule has 0 spiro atoms. The number of nitrogens with one attached hydrogen (secondary N) is 1. The first-order valence-corrected chi connectivity index (χ1v) is 9.80. The van der Waals surface area contributed by atoms with Gasteiger partial charge in [0, 0.05) is 16.4 Å². The van der Waals surface area contributed by atoms with Crippen molar-refractivity contribution in [3.8, 4) is 17.3 Å². The molecule has 2 aromatic heterocycles. The van der Waals surface area contributed by atoms with Crippen molar-refractivity contribution in [2.24, 2.45) is 0 Å². The SMILES string of the molecule is O=C(CSc1nnc(-c2ccco2)n1-c1ccccc1)Nc1cccc(Cl)c1. The van der Waals surface area contributed by atoms with Gasteiger partial charge in [-0.2, -0.15) is 0 Å². The lowest BCUT2D eigenvalue weighted by Crippen LogP contribution is -2.14. The highest BCUT2D eigenvalue weighted by Crippen LogP contribution is 2.28. The molecular weight excluding hydrogens is 396 g/mol. The summed E-state index contributed by atoms with van der Waals surface area (Å²) >= 11 is 7.25. The summed E-state index contributed by atoms with van der Waals surface area (Å²) in [5.74, 6) is 1.20. The van der Waals surface area contributed by atoms with Gasteiger partial charge in [0.2, 0.25) is 11.7 Å². The highest BCUT2D eigenvalue weighted by molar-refractivity contribution is 7.99. The molecule has 8 heteroatoms. The zero-order valence-electron chi connectivity index (χ0n) is 14.6. The van der Waals surface area contributed by atoms with Crippen molar-refractivity contribution in [2.45, 2.75) is 5.16 Å². The maximum absolute atomic E-state index is 12.3. The molecule has 0 unspecified atom stereocenters. The Morgan fingerprint density at radius 2 is 1.93 bits per heavy atom. The minimum absolute atomic E-state index is 0.158. The first-order valence-electron chi connectivity index (χ1n) is 8.43. The van der Waals surface area contributed by atoms with Gasteiger partial charge in [-0.05, 0) is 42.5 Å². The van der Waals surface area contributed by atoms with Crippen molar-refractivity contribution in [1.82, 2.24) is 14.8 Å². The molecule has 0 aliphatic carbocycles. The number of anilines is 1. The smallest absolute Gasteiger partial charge is 0.234 e. The second-order valence-corrected chi connectivity index (χ2v) is 7.18. The number of halogens is 1. The number of hydrogen-bond donors (Lipinski definition) is 1. The first-order chi connectivity index (χ1) is 13.7. The molecule has 140 valence electrons. The van der Waals surface area contributed by atoms with Crippen molar-refractivity contribution >= 4 is 35.0 Å². The third-order valence-electron chi connectivity index (χ3n) is 3.83. The monoisotopic (exact) mass is 410 g/mol. The molecule has 2 heterocycles. The topological polar surface area (TPSA) is 73.0 Å². The number of rotatable bonds is 6. The molecule has 0 atom stereocenters. The van der Waals surface area contributed by atoms with Crippen molar-refractivity contribution in [3.05, 3.63) is 78.0 Å². The Kier molecular flexibility index (Phi) is 5.45. The van der Waals surface area contributed by atoms with Gasteiger partial charge >= 0.3 is 0 Å². The van der Waals surface area contributed by atoms with E-state index in [9.17, 15) is 4.79 Å². The standard InChI is InChI=1S/C20H15ClN4O2S/c21-14-6-4-7-15(12-14)22-18(26)13-28-20-24-23-19(17-10-5-11-27-17)25(20)16-8-2-1-3-9-16/h1-12H,13H2,(H,22,26). The maximum atomic E-state index is 12.3. The predicted molar refractivity (Wildman–Crippen MR) is 110 cm³/mol. The molecule has 2 aromatic carbocycles. The van der Waals surface area contributed by atoms with Gasteiger partial charge in [0.25, 0.3) is 0 Å². The number of hydrogen-bond acceptors (Lipinski definition) is 5. The van der Waals surface area contributed by atoms with E-state index in [-0.39, 0.29) is 11.7 Å². The first kappa shape index (κ1) is 18.3. The van der Waals surface area contributed by atoms with Crippen LogP contribution in [0.15, 0.2) is 82.6 Å². The average molecular weight is 411 g/mol. The summed E-state index contributed by atoms with van der Waals surface area (Å²) < 4.78 is 7.36. The molecule has 4 rings (SSSR count). The molecule has 1 amide bonds. The van der Waals surface area contributed by atoms with Gasteiger partial charge in [0.05, 0.1) is 12.0 Å². The van der Waals surface area contributed by atoms with Crippen LogP contribution in [-0.4, -0.2) is 26.4 Å². The fraction of sp³-hybridized carbons (Fsp3) is 0.0500. The number of para-hydroxylation sites is 1. The number of amides is 1. The number of nitrogens with zero attached hydrogens (tertiary/aromatic N) is 3. The van der Waals surface area contributed by atoms with Gasteiger partial charge in [-0.1, -0.05) is 47.6 Å². The molecule has 1 N–H and O–H groups in total. The summed E-state index contributed by atoms with van der Waals surface area (Å²) in [5.41, 5.74) is 1.54. The highest BCUT2D eigenvalue weighted by Gasteiger charge is 2.18. The second-order valence-electron chi connectivity index (χ2n) is 5.80. The Bertz CT molecular complexity index is 1080. The van der Waals surface area contributed by atoms with Gasteiger partial charge in [-0.25, -0.2) is 0 Å². The predicted octanol–water partition coefficient (Wildman–Crippen LogP) is 4.91. The van der Waals surface area contributed by atoms with Gasteiger partial charge < -0.3 is 9.73 Å². The van der Waals surface area contributed by atoms with E-state index < -0.39 is 0 Å². The zero-order chi connectivity index (χ0) is 19.3. The van der Waals surface area contributed by atoms with E-state index in [2.05, 4.69) is 15.5 Å². The van der Waals surface area contributed by atoms with E-state index in [1.54, 1.807) is 36.6 Å². The zero-order valence-corrected chi connectivity index (χ0v) is 16.2. The normalized spacial score (nSPS) is 10.8. The Morgan fingerprint density at radius 3 is 2.68 bits per heavy atom. The van der Waals surface area contributed by atoms with Crippen LogP contribution in [0.25, 0.3) is 17.3 Å². The molecule has 0 aliphatic heterocycles. The maximum Gasteiger partial charge on any atom is 0.234 e. The average Bonchev–Trinajstić information content (AvgIpc) is 3.36. The van der Waals surface area contributed by atoms with E-state index in [4.69, 9.17) is 16.0 Å². The number of carbonyl (C=O) groups excluding carboxylic acids is 1. The summed E-state index contributed by atoms with van der Waals surface area (Å²) in [4.78, 5) is 12.3. The van der Waals surface area contributed by atoms with Crippen LogP contribution in [-0.2, 0) is 4.79 Å². The summed E-state index contributed by atoms with van der Waals surface area (Å²) in [5, 5.41) is 12.5. The molecule has 0 aliphatic rings. The summed E-state index contributed by atoms with van der Waals surface area (Å²) in [6, 6.07) is 20.3. The van der Waals surface area contributed by atoms with Gasteiger partial charge in [-0.3, -0.25) is 9.36 Å². The molecule has 0 fully saturated rings. The molecule has 0 bridgehead atoms. The van der Waals surface area contributed by atoms with Gasteiger partial charge in [0.15, 0.2) is 10.9 Å². The van der Waals surface area contributed by atoms with Crippen LogP contribution >= 0.6 is 23.4 Å². The Morgan fingerprint density at radius 1 is 1.07 bits per heavy atom. The van der Waals surface area contributed by atoms with Crippen LogP contribution in [0.2, 0.25) is 5.02 Å². The molecular formula is C20H15ClN4O2S. The van der Waals surface area contributed by atoms with Crippen LogP contribution in [0.4, 0.5) is 5.69 Å². The number of benzene rings is 2. The van der Waals surface area contributed by atoms with Crippen molar-refractivity contribution in [2.75, 3.05) is 11.1 Å². The molecule has 0 radical (unpaired) electrons. The molecule has 6 nitrogen and oxygen atoms in total. The summed E-state index contributed by atoms with van der Waals surface area (Å²) in [6.07, 6.45) is 1.59. The Labute approximate surface area is 170 Å².